The molecule has 0 atom stereocenters. The summed E-state index contributed by atoms with van der Waals surface area (Å²) in [5.74, 6) is 0. The van der Waals surface area contributed by atoms with Crippen LogP contribution in [0.1, 0.15) is 0 Å². The largest absolute Gasteiger partial charge is 2.00 e. The van der Waals surface area contributed by atoms with Gasteiger partial charge in [-0.2, -0.15) is 0 Å². The molecule has 0 spiro atoms. The molecule has 0 aromatic carbocycles. The van der Waals surface area contributed by atoms with Crippen LogP contribution in [0.4, 0.5) is 0 Å². The summed E-state index contributed by atoms with van der Waals surface area (Å²) in [5, 5.41) is 75.0. The van der Waals surface area contributed by atoms with E-state index in [9.17, 15) is 0 Å². The Labute approximate surface area is 217 Å². The van der Waals surface area contributed by atoms with Crippen molar-refractivity contribution < 1.29 is 77.3 Å². The minimum Gasteiger partial charge on any atom is 2.00 e. The van der Waals surface area contributed by atoms with Crippen molar-refractivity contribution in [1.82, 2.24) is 0 Å². The van der Waals surface area contributed by atoms with Gasteiger partial charge in [0.2, 0.25) is 0 Å². The van der Waals surface area contributed by atoms with Crippen molar-refractivity contribution in [2.45, 2.75) is 0 Å². The average molecular weight is 620 g/mol. The van der Waals surface area contributed by atoms with Gasteiger partial charge in [0.05, 0.1) is 0 Å². The molecule has 17 heteroatoms. The number of hydrogen-bond donors (Lipinski definition) is 0. The molecule has 0 fully saturated rings. The Hall–Kier alpha value is -3.21. The van der Waals surface area contributed by atoms with Crippen molar-refractivity contribution in [2.24, 2.45) is 0 Å². The van der Waals surface area contributed by atoms with Gasteiger partial charge in [0.1, 0.15) is 0 Å². The molecule has 0 aliphatic carbocycles. The summed E-state index contributed by atoms with van der Waals surface area (Å²) in [6, 6.07) is 0. The molecule has 0 aromatic rings. The van der Waals surface area contributed by atoms with E-state index >= 15 is 0 Å². The molecule has 0 aromatic heterocycles. The van der Waals surface area contributed by atoms with E-state index in [1.807, 2.05) is 0 Å². The second kappa shape index (κ2) is 1360. The standard InChI is InChI=1S/12CN.2Fe.3Zn/c12*1-2;;;;;/q12*-1;;;;;+2. The zero-order valence-electron chi connectivity index (χ0n) is 14.2. The first-order valence-electron chi connectivity index (χ1n) is 3.18. The fourth-order valence-corrected chi connectivity index (χ4v) is 0. The van der Waals surface area contributed by atoms with Gasteiger partial charge in [-0.05, 0) is 0 Å². The molecule has 0 saturated heterocycles. The Morgan fingerprint density at radius 3 is 0.241 bits per heavy atom. The van der Waals surface area contributed by atoms with Crippen molar-refractivity contribution in [3.63, 3.8) is 0 Å². The molecule has 0 rings (SSSR count). The summed E-state index contributed by atoms with van der Waals surface area (Å²) in [4.78, 5) is 0. The van der Waals surface area contributed by atoms with Gasteiger partial charge in [0, 0.05) is 0 Å². The minimum atomic E-state index is 0. The van der Waals surface area contributed by atoms with E-state index in [4.69, 9.17) is 142 Å². The molecule has 0 bridgehead atoms. The van der Waals surface area contributed by atoms with Crippen molar-refractivity contribution >= 4 is 0 Å². The van der Waals surface area contributed by atoms with E-state index in [0.29, 0.717) is 0 Å². The molecule has 29 heavy (non-hydrogen) atoms. The quantitative estimate of drug-likeness (QED) is 0.272. The van der Waals surface area contributed by atoms with Crippen molar-refractivity contribution in [1.29, 1.82) is 63.1 Å². The molecular formula is C12Fe2N12Zn3-10. The van der Waals surface area contributed by atoms with Gasteiger partial charge in [-0.1, -0.05) is 0 Å². The smallest absolute Gasteiger partial charge is 2.00 e. The molecule has 140 valence electrons. The van der Waals surface area contributed by atoms with Gasteiger partial charge in [-0.15, -0.1) is 0 Å². The van der Waals surface area contributed by atoms with Crippen molar-refractivity contribution in [3.05, 3.63) is 78.9 Å². The maximum absolute atomic E-state index is 6.25. The number of hydrogen-bond acceptors (Lipinski definition) is 12. The summed E-state index contributed by atoms with van der Waals surface area (Å²) in [5.41, 5.74) is 0. The molecule has 0 aliphatic heterocycles. The topological polar surface area (TPSA) is 285 Å². The molecule has 0 amide bonds. The van der Waals surface area contributed by atoms with Crippen LogP contribution in [0.3, 0.4) is 0 Å². The van der Waals surface area contributed by atoms with Gasteiger partial charge < -0.3 is 142 Å². The van der Waals surface area contributed by atoms with Crippen LogP contribution in [-0.2, 0) is 77.3 Å². The fraction of sp³-hybridized carbons (Fsp3) is 0. The third-order valence-corrected chi connectivity index (χ3v) is 0. The van der Waals surface area contributed by atoms with Crippen LogP contribution in [-0.4, -0.2) is 0 Å². The summed E-state index contributed by atoms with van der Waals surface area (Å²) >= 11 is 9.00. The third-order valence-electron chi connectivity index (χ3n) is 0. The molecular weight excluding hydrogens is 620 g/mol. The summed E-state index contributed by atoms with van der Waals surface area (Å²) < 4.78 is 0. The predicted octanol–water partition coefficient (Wildman–Crippen LogP) is 1.14. The minimum absolute atomic E-state index is 0. The van der Waals surface area contributed by atoms with Crippen molar-refractivity contribution in [2.75, 3.05) is 0 Å². The van der Waals surface area contributed by atoms with Crippen LogP contribution in [0, 0.1) is 142 Å². The van der Waals surface area contributed by atoms with Crippen LogP contribution in [0.2, 0.25) is 0 Å². The molecule has 0 heterocycles. The van der Waals surface area contributed by atoms with Gasteiger partial charge in [-0.25, -0.2) is 0 Å². The third kappa shape index (κ3) is 1250. The predicted molar refractivity (Wildman–Crippen MR) is 59.6 cm³/mol. The van der Waals surface area contributed by atoms with Gasteiger partial charge in [-0.3, -0.25) is 0 Å². The Morgan fingerprint density at radius 2 is 0.241 bits per heavy atom. The maximum Gasteiger partial charge on any atom is 2.00 e. The summed E-state index contributed by atoms with van der Waals surface area (Å²) in [6.07, 6.45) is 0. The van der Waals surface area contributed by atoms with Crippen LogP contribution in [0.5, 0.6) is 0 Å². The number of rotatable bonds is 0. The summed E-state index contributed by atoms with van der Waals surface area (Å²) in [7, 11) is 0. The zero-order chi connectivity index (χ0) is 28.0. The van der Waals surface area contributed by atoms with Gasteiger partial charge in [0.15, 0.2) is 0 Å². The number of nitrogens with zero attached hydrogens (tertiary/aromatic N) is 12. The van der Waals surface area contributed by atoms with E-state index in [2.05, 4.69) is 26.3 Å². The van der Waals surface area contributed by atoms with Gasteiger partial charge in [0.25, 0.3) is 0 Å². The average Bonchev–Trinajstić information content (AvgIpc) is 2.95. The summed E-state index contributed by atoms with van der Waals surface area (Å²) in [6.45, 7) is 57.0. The Morgan fingerprint density at radius 1 is 0.241 bits per heavy atom. The zero-order valence-corrected chi connectivity index (χ0v) is 25.3. The Bertz CT molecular complexity index is 259. The van der Waals surface area contributed by atoms with Crippen molar-refractivity contribution in [3.8, 4) is 0 Å². The molecule has 0 saturated carbocycles. The monoisotopic (exact) mass is 616 g/mol. The first kappa shape index (κ1) is 136. The van der Waals surface area contributed by atoms with E-state index in [0.717, 1.165) is 31.5 Å². The molecule has 0 unspecified atom stereocenters. The van der Waals surface area contributed by atoms with Gasteiger partial charge >= 0.3 is 77.3 Å². The first-order valence-corrected chi connectivity index (χ1v) is 13.4. The second-order valence-electron chi connectivity index (χ2n) is 0. The fourth-order valence-electron chi connectivity index (χ4n) is 0. The normalized spacial score (nSPS) is 1.31. The van der Waals surface area contributed by atoms with E-state index in [1.54, 1.807) is 0 Å². The van der Waals surface area contributed by atoms with E-state index < -0.39 is 0 Å². The van der Waals surface area contributed by atoms with Crippen LogP contribution < -0.4 is 0 Å². The van der Waals surface area contributed by atoms with Crippen LogP contribution in [0.25, 0.3) is 0 Å². The maximum atomic E-state index is 6.25. The molecule has 0 radical (unpaired) electrons. The molecule has 0 aliphatic rings. The Balaban J connectivity index is -0.00000000558. The molecule has 0 N–H and O–H groups in total. The Kier molecular flexibility index (Phi) is 6390. The van der Waals surface area contributed by atoms with E-state index in [-0.39, 0.29) is 19.5 Å². The SMILES string of the molecule is [C-]#N.[C-]#N.[C-]#N.[C-]#N.[C-]#N.[C-]#N.[C-]#N.[C-]#N.[C-]#N.[C-]#N.[C-]#N.[C-]#N.[Fe]=[Zn].[Fe]=[Zn].[Zn+2]. The second-order valence-corrected chi connectivity index (χ2v) is 0. The first-order chi connectivity index (χ1) is 14.0. The molecule has 12 nitrogen and oxygen atoms in total. The van der Waals surface area contributed by atoms with Crippen LogP contribution in [0.15, 0.2) is 0 Å². The van der Waals surface area contributed by atoms with E-state index in [1.165, 1.54) is 0 Å². The van der Waals surface area contributed by atoms with Crippen LogP contribution >= 0.6 is 0 Å².